The van der Waals surface area contributed by atoms with Gasteiger partial charge in [-0.2, -0.15) is 4.31 Å². The molecule has 0 bridgehead atoms. The average molecular weight is 572 g/mol. The fraction of sp³-hybridized carbons (Fsp3) is 0.500. The van der Waals surface area contributed by atoms with Crippen molar-refractivity contribution in [1.82, 2.24) is 9.21 Å². The van der Waals surface area contributed by atoms with Gasteiger partial charge in [0.25, 0.3) is 0 Å². The van der Waals surface area contributed by atoms with Crippen molar-refractivity contribution in [2.45, 2.75) is 18.2 Å². The van der Waals surface area contributed by atoms with E-state index in [-0.39, 0.29) is 42.8 Å². The van der Waals surface area contributed by atoms with Crippen molar-refractivity contribution in [1.29, 1.82) is 0 Å². The van der Waals surface area contributed by atoms with Gasteiger partial charge in [0, 0.05) is 57.9 Å². The summed E-state index contributed by atoms with van der Waals surface area (Å²) in [5.41, 5.74) is 1.92. The van der Waals surface area contributed by atoms with Gasteiger partial charge in [0.1, 0.15) is 5.75 Å². The van der Waals surface area contributed by atoms with Gasteiger partial charge in [-0.25, -0.2) is 8.42 Å². The number of nitrogens with one attached hydrogen (secondary N) is 1. The number of carbonyl (C=O) groups excluding carboxylic acids is 2. The van der Waals surface area contributed by atoms with E-state index in [1.165, 1.54) is 4.31 Å². The van der Waals surface area contributed by atoms with Crippen LogP contribution in [0.3, 0.4) is 0 Å². The summed E-state index contributed by atoms with van der Waals surface area (Å²) in [6, 6.07) is 12.2. The molecule has 0 radical (unpaired) electrons. The molecule has 1 unspecified atom stereocenters. The number of benzene rings is 2. The van der Waals surface area contributed by atoms with Crippen molar-refractivity contribution < 1.29 is 27.5 Å². The van der Waals surface area contributed by atoms with Crippen LogP contribution in [0.4, 0.5) is 17.1 Å². The molecule has 3 heterocycles. The Balaban J connectivity index is 1.37. The van der Waals surface area contributed by atoms with Crippen LogP contribution in [0.15, 0.2) is 47.4 Å². The predicted octanol–water partition coefficient (Wildman–Crippen LogP) is 1.85. The molecular weight excluding hydrogens is 534 g/mol. The van der Waals surface area contributed by atoms with Gasteiger partial charge in [0.15, 0.2) is 0 Å². The monoisotopic (exact) mass is 571 g/mol. The van der Waals surface area contributed by atoms with Gasteiger partial charge >= 0.3 is 0 Å². The lowest BCUT2D eigenvalue weighted by atomic mass is 10.1. The van der Waals surface area contributed by atoms with E-state index in [1.54, 1.807) is 23.1 Å². The molecule has 12 heteroatoms. The van der Waals surface area contributed by atoms with Crippen LogP contribution < -0.4 is 19.9 Å². The Morgan fingerprint density at radius 2 is 1.73 bits per heavy atom. The second-order valence-electron chi connectivity index (χ2n) is 10.3. The van der Waals surface area contributed by atoms with Crippen molar-refractivity contribution in [2.24, 2.45) is 5.92 Å². The third-order valence-electron chi connectivity index (χ3n) is 7.63. The summed E-state index contributed by atoms with van der Waals surface area (Å²) in [6.07, 6.45) is 0.0780. The minimum atomic E-state index is -3.75. The van der Waals surface area contributed by atoms with Crippen LogP contribution in [0.2, 0.25) is 0 Å². The number of hydrogen-bond donors (Lipinski definition) is 1. The highest BCUT2D eigenvalue weighted by molar-refractivity contribution is 7.89. The number of rotatable bonds is 8. The number of anilines is 3. The number of piperazine rings is 1. The van der Waals surface area contributed by atoms with Crippen LogP contribution in [0, 0.1) is 5.92 Å². The number of nitrogens with zero attached hydrogens (tertiary/aromatic N) is 4. The van der Waals surface area contributed by atoms with Crippen LogP contribution in [0.5, 0.6) is 5.75 Å². The van der Waals surface area contributed by atoms with E-state index < -0.39 is 15.9 Å². The quantitative estimate of drug-likeness (QED) is 0.511. The number of amides is 2. The Hall–Kier alpha value is -3.19. The number of hydrogen-bond acceptors (Lipinski definition) is 8. The Morgan fingerprint density at radius 1 is 1.02 bits per heavy atom. The smallest absolute Gasteiger partial charge is 0.243 e. The number of ether oxygens (including phenoxy) is 2. The van der Waals surface area contributed by atoms with Gasteiger partial charge in [0.05, 0.1) is 42.0 Å². The molecule has 3 fully saturated rings. The summed E-state index contributed by atoms with van der Waals surface area (Å²) in [5, 5.41) is 2.99. The highest BCUT2D eigenvalue weighted by atomic mass is 32.2. The van der Waals surface area contributed by atoms with Gasteiger partial charge in [-0.1, -0.05) is 0 Å². The zero-order chi connectivity index (χ0) is 28.3. The minimum Gasteiger partial charge on any atom is -0.494 e. The highest BCUT2D eigenvalue weighted by Crippen LogP contribution is 2.33. The number of sulfonamides is 1. The standard InChI is InChI=1S/C28H37N5O6S/c1-3-39-23-6-4-22(5-7-23)33-20-21(18-27(33)34)28(35)29-25-19-24(40(36,37)32-14-16-38-17-15-32)8-9-26(25)31-12-10-30(2)11-13-31/h4-9,19,21H,3,10-18,20H2,1-2H3,(H,29,35). The fourth-order valence-corrected chi connectivity index (χ4v) is 6.73. The first-order valence-corrected chi connectivity index (χ1v) is 15.2. The molecule has 0 spiro atoms. The van der Waals surface area contributed by atoms with Gasteiger partial charge in [-0.3, -0.25) is 9.59 Å². The van der Waals surface area contributed by atoms with E-state index in [1.807, 2.05) is 31.2 Å². The highest BCUT2D eigenvalue weighted by Gasteiger charge is 2.36. The lowest BCUT2D eigenvalue weighted by Gasteiger charge is -2.35. The molecule has 40 heavy (non-hydrogen) atoms. The van der Waals surface area contributed by atoms with Crippen LogP contribution in [-0.4, -0.2) is 102 Å². The summed E-state index contributed by atoms with van der Waals surface area (Å²) in [5.74, 6) is -0.292. The summed E-state index contributed by atoms with van der Waals surface area (Å²) in [7, 11) is -1.69. The van der Waals surface area contributed by atoms with Gasteiger partial charge in [-0.05, 0) is 56.4 Å². The molecule has 1 atom stereocenters. The number of likely N-dealkylation sites (N-methyl/N-ethyl adjacent to an activating group) is 1. The van der Waals surface area contributed by atoms with Crippen molar-refractivity contribution in [3.63, 3.8) is 0 Å². The van der Waals surface area contributed by atoms with E-state index in [0.29, 0.717) is 31.2 Å². The number of morpholine rings is 1. The second kappa shape index (κ2) is 12.1. The zero-order valence-electron chi connectivity index (χ0n) is 23.0. The van der Waals surface area contributed by atoms with Crippen LogP contribution in [0.25, 0.3) is 0 Å². The Bertz CT molecular complexity index is 1320. The van der Waals surface area contributed by atoms with Crippen molar-refractivity contribution in [2.75, 3.05) is 87.8 Å². The van der Waals surface area contributed by atoms with Gasteiger partial charge < -0.3 is 29.5 Å². The van der Waals surface area contributed by atoms with E-state index in [9.17, 15) is 18.0 Å². The molecule has 2 amide bonds. The maximum atomic E-state index is 13.5. The topological polar surface area (TPSA) is 112 Å². The summed E-state index contributed by atoms with van der Waals surface area (Å²) < 4.78 is 39.0. The normalized spacial score (nSPS) is 21.1. The van der Waals surface area contributed by atoms with Crippen LogP contribution >= 0.6 is 0 Å². The summed E-state index contributed by atoms with van der Waals surface area (Å²) in [4.78, 5) is 32.5. The number of carbonyl (C=O) groups is 2. The first-order chi connectivity index (χ1) is 19.3. The van der Waals surface area contributed by atoms with Gasteiger partial charge in [-0.15, -0.1) is 0 Å². The molecule has 1 N–H and O–H groups in total. The van der Waals surface area contributed by atoms with E-state index >= 15 is 0 Å². The van der Waals surface area contributed by atoms with Crippen molar-refractivity contribution in [3.8, 4) is 5.75 Å². The Morgan fingerprint density at radius 3 is 2.40 bits per heavy atom. The zero-order valence-corrected chi connectivity index (χ0v) is 23.9. The molecule has 2 aromatic rings. The Kier molecular flexibility index (Phi) is 8.60. The average Bonchev–Trinajstić information content (AvgIpc) is 3.36. The van der Waals surface area contributed by atoms with Gasteiger partial charge in [0.2, 0.25) is 21.8 Å². The lowest BCUT2D eigenvalue weighted by molar-refractivity contribution is -0.122. The first kappa shape index (κ1) is 28.3. The van der Waals surface area contributed by atoms with E-state index in [0.717, 1.165) is 37.6 Å². The molecule has 3 aliphatic rings. The fourth-order valence-electron chi connectivity index (χ4n) is 5.29. The minimum absolute atomic E-state index is 0.0780. The third-order valence-corrected chi connectivity index (χ3v) is 9.53. The van der Waals surface area contributed by atoms with Crippen LogP contribution in [0.1, 0.15) is 13.3 Å². The van der Waals surface area contributed by atoms with E-state index in [4.69, 9.17) is 9.47 Å². The molecule has 5 rings (SSSR count). The SMILES string of the molecule is CCOc1ccc(N2CC(C(=O)Nc3cc(S(=O)(=O)N4CCOCC4)ccc3N3CCN(C)CC3)CC2=O)cc1. The molecule has 2 aromatic carbocycles. The Labute approximate surface area is 235 Å². The molecule has 0 saturated carbocycles. The predicted molar refractivity (Wildman–Crippen MR) is 152 cm³/mol. The van der Waals surface area contributed by atoms with E-state index in [2.05, 4.69) is 22.2 Å². The lowest BCUT2D eigenvalue weighted by Crippen LogP contribution is -2.45. The summed E-state index contributed by atoms with van der Waals surface area (Å²) in [6.45, 7) is 7.19. The van der Waals surface area contributed by atoms with Crippen LogP contribution in [-0.2, 0) is 24.3 Å². The maximum Gasteiger partial charge on any atom is 0.243 e. The first-order valence-electron chi connectivity index (χ1n) is 13.8. The van der Waals surface area contributed by atoms with Crippen molar-refractivity contribution in [3.05, 3.63) is 42.5 Å². The molecule has 3 saturated heterocycles. The molecule has 11 nitrogen and oxygen atoms in total. The maximum absolute atomic E-state index is 13.5. The molecule has 0 aliphatic carbocycles. The second-order valence-corrected chi connectivity index (χ2v) is 12.2. The largest absolute Gasteiger partial charge is 0.494 e. The molecular formula is C28H37N5O6S. The van der Waals surface area contributed by atoms with Crippen molar-refractivity contribution >= 4 is 38.9 Å². The third kappa shape index (κ3) is 6.09. The summed E-state index contributed by atoms with van der Waals surface area (Å²) >= 11 is 0. The molecule has 0 aromatic heterocycles. The molecule has 216 valence electrons. The molecule has 3 aliphatic heterocycles.